The zero-order valence-corrected chi connectivity index (χ0v) is 10.6. The SMILES string of the molecule is Cc1noc(C)c1CC(=O)N1CCC(C(N)=O)C1. The largest absolute Gasteiger partial charge is 0.369 e. The van der Waals surface area contributed by atoms with E-state index in [9.17, 15) is 9.59 Å². The molecule has 0 saturated carbocycles. The number of nitrogens with two attached hydrogens (primary N) is 1. The molecule has 6 heteroatoms. The summed E-state index contributed by atoms with van der Waals surface area (Å²) in [5.74, 6) is 0.126. The number of carbonyl (C=O) groups excluding carboxylic acids is 2. The van der Waals surface area contributed by atoms with Crippen molar-refractivity contribution in [2.75, 3.05) is 13.1 Å². The van der Waals surface area contributed by atoms with E-state index < -0.39 is 0 Å². The molecular formula is C12H17N3O3. The molecule has 0 radical (unpaired) electrons. The zero-order valence-electron chi connectivity index (χ0n) is 10.6. The number of carbonyl (C=O) groups is 2. The highest BCUT2D eigenvalue weighted by Crippen LogP contribution is 2.19. The first-order valence-electron chi connectivity index (χ1n) is 5.98. The van der Waals surface area contributed by atoms with Crippen LogP contribution in [-0.4, -0.2) is 35.0 Å². The number of rotatable bonds is 3. The number of aryl methyl sites for hydroxylation is 2. The van der Waals surface area contributed by atoms with Crippen LogP contribution in [0.1, 0.15) is 23.4 Å². The minimum absolute atomic E-state index is 0.00634. The molecule has 18 heavy (non-hydrogen) atoms. The Balaban J connectivity index is 2.00. The Hall–Kier alpha value is -1.85. The van der Waals surface area contributed by atoms with Gasteiger partial charge in [-0.3, -0.25) is 9.59 Å². The van der Waals surface area contributed by atoms with Gasteiger partial charge in [-0.05, 0) is 20.3 Å². The molecule has 1 fully saturated rings. The number of hydrogen-bond acceptors (Lipinski definition) is 4. The Morgan fingerprint density at radius 1 is 1.50 bits per heavy atom. The van der Waals surface area contributed by atoms with Crippen LogP contribution in [0.25, 0.3) is 0 Å². The lowest BCUT2D eigenvalue weighted by atomic mass is 10.1. The van der Waals surface area contributed by atoms with Gasteiger partial charge in [-0.15, -0.1) is 0 Å². The predicted octanol–water partition coefficient (Wildman–Crippen LogP) is 0.168. The van der Waals surface area contributed by atoms with E-state index in [0.29, 0.717) is 25.3 Å². The predicted molar refractivity (Wildman–Crippen MR) is 63.6 cm³/mol. The Morgan fingerprint density at radius 2 is 2.22 bits per heavy atom. The van der Waals surface area contributed by atoms with Gasteiger partial charge in [-0.25, -0.2) is 0 Å². The molecule has 6 nitrogen and oxygen atoms in total. The first kappa shape index (κ1) is 12.6. The van der Waals surface area contributed by atoms with Gasteiger partial charge in [0.15, 0.2) is 0 Å². The Morgan fingerprint density at radius 3 is 2.72 bits per heavy atom. The van der Waals surface area contributed by atoms with Gasteiger partial charge in [0.1, 0.15) is 5.76 Å². The fourth-order valence-corrected chi connectivity index (χ4v) is 2.24. The molecule has 2 heterocycles. The third-order valence-corrected chi connectivity index (χ3v) is 3.45. The highest BCUT2D eigenvalue weighted by molar-refractivity contribution is 5.82. The van der Waals surface area contributed by atoms with Gasteiger partial charge in [0.25, 0.3) is 0 Å². The highest BCUT2D eigenvalue weighted by atomic mass is 16.5. The van der Waals surface area contributed by atoms with Crippen LogP contribution in [0.3, 0.4) is 0 Å². The summed E-state index contributed by atoms with van der Waals surface area (Å²) in [6.45, 7) is 4.63. The molecular weight excluding hydrogens is 234 g/mol. The number of amides is 2. The first-order valence-corrected chi connectivity index (χ1v) is 5.98. The van der Waals surface area contributed by atoms with Gasteiger partial charge >= 0.3 is 0 Å². The highest BCUT2D eigenvalue weighted by Gasteiger charge is 2.30. The van der Waals surface area contributed by atoms with E-state index in [2.05, 4.69) is 5.16 Å². The minimum Gasteiger partial charge on any atom is -0.369 e. The summed E-state index contributed by atoms with van der Waals surface area (Å²) in [6.07, 6.45) is 0.926. The molecule has 1 aliphatic rings. The monoisotopic (exact) mass is 251 g/mol. The second kappa shape index (κ2) is 4.80. The number of primary amides is 1. The maximum Gasteiger partial charge on any atom is 0.227 e. The fraction of sp³-hybridized carbons (Fsp3) is 0.583. The fourth-order valence-electron chi connectivity index (χ4n) is 2.24. The lowest BCUT2D eigenvalue weighted by Gasteiger charge is -2.15. The van der Waals surface area contributed by atoms with Crippen molar-refractivity contribution in [2.45, 2.75) is 26.7 Å². The second-order valence-electron chi connectivity index (χ2n) is 4.71. The maximum atomic E-state index is 12.1. The van der Waals surface area contributed by atoms with Crippen molar-refractivity contribution < 1.29 is 14.1 Å². The topological polar surface area (TPSA) is 89.4 Å². The van der Waals surface area contributed by atoms with Gasteiger partial charge in [-0.1, -0.05) is 5.16 Å². The van der Waals surface area contributed by atoms with Crippen LogP contribution in [0.5, 0.6) is 0 Å². The molecule has 0 spiro atoms. The van der Waals surface area contributed by atoms with E-state index in [4.69, 9.17) is 10.3 Å². The van der Waals surface area contributed by atoms with Crippen LogP contribution in [-0.2, 0) is 16.0 Å². The summed E-state index contributed by atoms with van der Waals surface area (Å²) in [6, 6.07) is 0. The van der Waals surface area contributed by atoms with Crippen LogP contribution in [0.4, 0.5) is 0 Å². The molecule has 0 bridgehead atoms. The van der Waals surface area contributed by atoms with Crippen LogP contribution >= 0.6 is 0 Å². The summed E-state index contributed by atoms with van der Waals surface area (Å²) in [7, 11) is 0. The van der Waals surface area contributed by atoms with Crippen LogP contribution < -0.4 is 5.73 Å². The first-order chi connectivity index (χ1) is 8.49. The van der Waals surface area contributed by atoms with E-state index in [0.717, 1.165) is 11.3 Å². The summed E-state index contributed by atoms with van der Waals surface area (Å²) in [5.41, 5.74) is 6.82. The van der Waals surface area contributed by atoms with Crippen molar-refractivity contribution in [3.63, 3.8) is 0 Å². The standard InChI is InChI=1S/C12H17N3O3/c1-7-10(8(2)18-14-7)5-11(16)15-4-3-9(6-15)12(13)17/h9H,3-6H2,1-2H3,(H2,13,17). The normalized spacial score (nSPS) is 19.2. The minimum atomic E-state index is -0.331. The number of likely N-dealkylation sites (tertiary alicyclic amines) is 1. The zero-order chi connectivity index (χ0) is 13.3. The van der Waals surface area contributed by atoms with Crippen LogP contribution in [0, 0.1) is 19.8 Å². The smallest absolute Gasteiger partial charge is 0.227 e. The quantitative estimate of drug-likeness (QED) is 0.829. The molecule has 2 rings (SSSR count). The second-order valence-corrected chi connectivity index (χ2v) is 4.71. The van der Waals surface area contributed by atoms with E-state index in [-0.39, 0.29) is 24.2 Å². The van der Waals surface area contributed by atoms with Crippen LogP contribution in [0.2, 0.25) is 0 Å². The van der Waals surface area contributed by atoms with E-state index in [1.54, 1.807) is 11.8 Å². The van der Waals surface area contributed by atoms with Gasteiger partial charge in [0.2, 0.25) is 11.8 Å². The average Bonchev–Trinajstić information content (AvgIpc) is 2.91. The summed E-state index contributed by atoms with van der Waals surface area (Å²) >= 11 is 0. The lowest BCUT2D eigenvalue weighted by molar-refractivity contribution is -0.129. The molecule has 98 valence electrons. The van der Waals surface area contributed by atoms with E-state index in [1.807, 2.05) is 6.92 Å². The molecule has 1 saturated heterocycles. The molecule has 1 aliphatic heterocycles. The molecule has 2 N–H and O–H groups in total. The average molecular weight is 251 g/mol. The Bertz CT molecular complexity index is 461. The number of nitrogens with zero attached hydrogens (tertiary/aromatic N) is 2. The Labute approximate surface area is 105 Å². The van der Waals surface area contributed by atoms with Crippen molar-refractivity contribution in [3.05, 3.63) is 17.0 Å². The van der Waals surface area contributed by atoms with Crippen molar-refractivity contribution in [1.29, 1.82) is 0 Å². The van der Waals surface area contributed by atoms with Crippen molar-refractivity contribution >= 4 is 11.8 Å². The van der Waals surface area contributed by atoms with Crippen molar-refractivity contribution in [1.82, 2.24) is 10.1 Å². The number of aromatic nitrogens is 1. The molecule has 1 unspecified atom stereocenters. The van der Waals surface area contributed by atoms with Gasteiger partial charge in [-0.2, -0.15) is 0 Å². The summed E-state index contributed by atoms with van der Waals surface area (Å²) < 4.78 is 5.02. The van der Waals surface area contributed by atoms with Crippen molar-refractivity contribution in [2.24, 2.45) is 11.7 Å². The van der Waals surface area contributed by atoms with E-state index >= 15 is 0 Å². The molecule has 2 amide bonds. The van der Waals surface area contributed by atoms with Gasteiger partial charge in [0.05, 0.1) is 18.0 Å². The Kier molecular flexibility index (Phi) is 3.36. The molecule has 0 aromatic carbocycles. The van der Waals surface area contributed by atoms with Crippen LogP contribution in [0.15, 0.2) is 4.52 Å². The maximum absolute atomic E-state index is 12.1. The van der Waals surface area contributed by atoms with Gasteiger partial charge < -0.3 is 15.2 Å². The summed E-state index contributed by atoms with van der Waals surface area (Å²) in [4.78, 5) is 24.8. The molecule has 1 atom stereocenters. The van der Waals surface area contributed by atoms with Crippen molar-refractivity contribution in [3.8, 4) is 0 Å². The molecule has 0 aliphatic carbocycles. The third-order valence-electron chi connectivity index (χ3n) is 3.45. The van der Waals surface area contributed by atoms with E-state index in [1.165, 1.54) is 0 Å². The third kappa shape index (κ3) is 2.37. The number of hydrogen-bond donors (Lipinski definition) is 1. The molecule has 1 aromatic heterocycles. The lowest BCUT2D eigenvalue weighted by Crippen LogP contribution is -2.32. The van der Waals surface area contributed by atoms with Gasteiger partial charge in [0, 0.05) is 18.7 Å². The molecule has 1 aromatic rings. The summed E-state index contributed by atoms with van der Waals surface area (Å²) in [5, 5.41) is 3.82.